The maximum Gasteiger partial charge on any atom is 0.407 e. The fourth-order valence-corrected chi connectivity index (χ4v) is 3.37. The molecule has 3 N–H and O–H groups in total. The molecule has 2 aliphatic rings. The summed E-state index contributed by atoms with van der Waals surface area (Å²) >= 11 is 0. The molecule has 2 unspecified atom stereocenters. The highest BCUT2D eigenvalue weighted by molar-refractivity contribution is 5.80. The van der Waals surface area contributed by atoms with Gasteiger partial charge in [-0.3, -0.25) is 4.79 Å². The van der Waals surface area contributed by atoms with Gasteiger partial charge in [0, 0.05) is 25.7 Å². The largest absolute Gasteiger partial charge is 0.465 e. The van der Waals surface area contributed by atoms with E-state index in [4.69, 9.17) is 5.11 Å². The van der Waals surface area contributed by atoms with Crippen molar-refractivity contribution in [3.8, 4) is 0 Å². The third-order valence-corrected chi connectivity index (χ3v) is 5.13. The highest BCUT2D eigenvalue weighted by Gasteiger charge is 2.40. The van der Waals surface area contributed by atoms with Crippen LogP contribution in [0, 0.1) is 17.8 Å². The first-order valence-electron chi connectivity index (χ1n) is 7.38. The second-order valence-electron chi connectivity index (χ2n) is 6.20. The van der Waals surface area contributed by atoms with E-state index in [0.29, 0.717) is 11.8 Å². The summed E-state index contributed by atoms with van der Waals surface area (Å²) in [6, 6.07) is -0.0845. The number of amides is 2. The molecular formula is C14H25N3O3. The lowest BCUT2D eigenvalue weighted by molar-refractivity contribution is -0.126. The summed E-state index contributed by atoms with van der Waals surface area (Å²) in [4.78, 5) is 24.4. The summed E-state index contributed by atoms with van der Waals surface area (Å²) < 4.78 is 0. The van der Waals surface area contributed by atoms with Crippen molar-refractivity contribution in [3.05, 3.63) is 0 Å². The lowest BCUT2D eigenvalue weighted by Crippen LogP contribution is -2.48. The van der Waals surface area contributed by atoms with E-state index < -0.39 is 6.09 Å². The van der Waals surface area contributed by atoms with Gasteiger partial charge in [-0.1, -0.05) is 6.92 Å². The molecular weight excluding hydrogens is 258 g/mol. The molecule has 1 heterocycles. The lowest BCUT2D eigenvalue weighted by atomic mass is 9.96. The van der Waals surface area contributed by atoms with Crippen LogP contribution in [0.15, 0.2) is 0 Å². The number of hydrogen-bond acceptors (Lipinski definition) is 3. The number of carbonyl (C=O) groups excluding carboxylic acids is 1. The molecule has 0 spiro atoms. The number of carbonyl (C=O) groups is 2. The van der Waals surface area contributed by atoms with Crippen LogP contribution in [-0.4, -0.2) is 54.2 Å². The van der Waals surface area contributed by atoms with Gasteiger partial charge in [0.25, 0.3) is 0 Å². The van der Waals surface area contributed by atoms with Crippen molar-refractivity contribution in [2.24, 2.45) is 17.8 Å². The van der Waals surface area contributed by atoms with Gasteiger partial charge in [-0.05, 0) is 38.1 Å². The van der Waals surface area contributed by atoms with E-state index in [1.807, 2.05) is 0 Å². The van der Waals surface area contributed by atoms with Gasteiger partial charge >= 0.3 is 6.09 Å². The second kappa shape index (κ2) is 5.99. The molecule has 1 saturated heterocycles. The Bertz CT molecular complexity index is 388. The summed E-state index contributed by atoms with van der Waals surface area (Å²) in [5.74, 6) is 0.848. The van der Waals surface area contributed by atoms with Gasteiger partial charge in [-0.25, -0.2) is 4.79 Å². The van der Waals surface area contributed by atoms with Crippen molar-refractivity contribution in [2.45, 2.75) is 38.8 Å². The number of nitrogens with one attached hydrogen (secondary N) is 2. The van der Waals surface area contributed by atoms with E-state index in [-0.39, 0.29) is 23.9 Å². The van der Waals surface area contributed by atoms with Crippen molar-refractivity contribution in [2.75, 3.05) is 20.1 Å². The highest BCUT2D eigenvalue weighted by Crippen LogP contribution is 2.34. The van der Waals surface area contributed by atoms with E-state index >= 15 is 0 Å². The Morgan fingerprint density at radius 1 is 1.30 bits per heavy atom. The maximum absolute atomic E-state index is 12.3. The molecule has 6 nitrogen and oxygen atoms in total. The monoisotopic (exact) mass is 283 g/mol. The highest BCUT2D eigenvalue weighted by atomic mass is 16.4. The van der Waals surface area contributed by atoms with Crippen molar-refractivity contribution in [1.29, 1.82) is 0 Å². The standard InChI is InChI=1S/C14H25N3O3/c1-8(9(2)17(3)14(19)20)13(18)16-12-5-4-10-6-15-7-11(10)12/h8-12,15H,4-7H2,1-3H3,(H,16,18)(H,19,20)/t8?,9-,10+,11?,12-/m0/s1. The zero-order valence-corrected chi connectivity index (χ0v) is 12.4. The van der Waals surface area contributed by atoms with Crippen LogP contribution in [-0.2, 0) is 4.79 Å². The molecule has 20 heavy (non-hydrogen) atoms. The molecule has 0 aromatic carbocycles. The van der Waals surface area contributed by atoms with Crippen molar-refractivity contribution < 1.29 is 14.7 Å². The smallest absolute Gasteiger partial charge is 0.407 e. The van der Waals surface area contributed by atoms with Gasteiger partial charge < -0.3 is 20.6 Å². The van der Waals surface area contributed by atoms with E-state index in [1.165, 1.54) is 18.4 Å². The summed E-state index contributed by atoms with van der Waals surface area (Å²) in [6.45, 7) is 5.60. The summed E-state index contributed by atoms with van der Waals surface area (Å²) in [5.41, 5.74) is 0. The minimum absolute atomic E-state index is 0.0388. The van der Waals surface area contributed by atoms with Crippen LogP contribution < -0.4 is 10.6 Å². The summed E-state index contributed by atoms with van der Waals surface area (Å²) in [7, 11) is 1.50. The fraction of sp³-hybridized carbons (Fsp3) is 0.857. The molecule has 0 aromatic heterocycles. The van der Waals surface area contributed by atoms with Crippen molar-refractivity contribution in [1.82, 2.24) is 15.5 Å². The summed E-state index contributed by atoms with van der Waals surface area (Å²) in [5, 5.41) is 15.5. The Balaban J connectivity index is 1.89. The van der Waals surface area contributed by atoms with Gasteiger partial charge in [-0.2, -0.15) is 0 Å². The van der Waals surface area contributed by atoms with Crippen LogP contribution in [0.1, 0.15) is 26.7 Å². The molecule has 1 saturated carbocycles. The van der Waals surface area contributed by atoms with Crippen molar-refractivity contribution in [3.63, 3.8) is 0 Å². The zero-order chi connectivity index (χ0) is 14.9. The maximum atomic E-state index is 12.3. The number of rotatable bonds is 4. The number of carboxylic acid groups (broad SMARTS) is 1. The van der Waals surface area contributed by atoms with Crippen LogP contribution in [0.25, 0.3) is 0 Å². The van der Waals surface area contributed by atoms with Gasteiger partial charge in [0.05, 0.1) is 5.92 Å². The first-order valence-corrected chi connectivity index (χ1v) is 7.38. The van der Waals surface area contributed by atoms with Gasteiger partial charge in [0.1, 0.15) is 0 Å². The molecule has 1 aliphatic carbocycles. The first-order chi connectivity index (χ1) is 9.41. The molecule has 2 fully saturated rings. The van der Waals surface area contributed by atoms with Crippen LogP contribution >= 0.6 is 0 Å². The molecule has 5 atom stereocenters. The van der Waals surface area contributed by atoms with E-state index in [2.05, 4.69) is 10.6 Å². The predicted octanol–water partition coefficient (Wildman–Crippen LogP) is 0.735. The topological polar surface area (TPSA) is 81.7 Å². The van der Waals surface area contributed by atoms with E-state index in [1.54, 1.807) is 13.8 Å². The minimum atomic E-state index is -1.00. The quantitative estimate of drug-likeness (QED) is 0.710. The first kappa shape index (κ1) is 15.1. The average Bonchev–Trinajstić information content (AvgIpc) is 3.00. The van der Waals surface area contributed by atoms with Crippen LogP contribution in [0.5, 0.6) is 0 Å². The number of nitrogens with zero attached hydrogens (tertiary/aromatic N) is 1. The Hall–Kier alpha value is -1.30. The lowest BCUT2D eigenvalue weighted by Gasteiger charge is -2.29. The third-order valence-electron chi connectivity index (χ3n) is 5.13. The van der Waals surface area contributed by atoms with Gasteiger partial charge in [0.15, 0.2) is 0 Å². The average molecular weight is 283 g/mol. The molecule has 1 aliphatic heterocycles. The van der Waals surface area contributed by atoms with Crippen LogP contribution in [0.3, 0.4) is 0 Å². The molecule has 6 heteroatoms. The fourth-order valence-electron chi connectivity index (χ4n) is 3.37. The SMILES string of the molecule is CC(C(=O)N[C@H]1CC[C@@H]2CNCC21)[C@H](C)N(C)C(=O)O. The Labute approximate surface area is 119 Å². The zero-order valence-electron chi connectivity index (χ0n) is 12.4. The third kappa shape index (κ3) is 2.90. The summed E-state index contributed by atoms with van der Waals surface area (Å²) in [6.07, 6.45) is 1.21. The second-order valence-corrected chi connectivity index (χ2v) is 6.20. The molecule has 2 rings (SSSR count). The van der Waals surface area contributed by atoms with Gasteiger partial charge in [-0.15, -0.1) is 0 Å². The molecule has 0 aromatic rings. The Kier molecular flexibility index (Phi) is 4.52. The Morgan fingerprint density at radius 2 is 2.00 bits per heavy atom. The molecule has 114 valence electrons. The number of hydrogen-bond donors (Lipinski definition) is 3. The number of fused-ring (bicyclic) bond motifs is 1. The van der Waals surface area contributed by atoms with Gasteiger partial charge in [0.2, 0.25) is 5.91 Å². The van der Waals surface area contributed by atoms with Crippen LogP contribution in [0.2, 0.25) is 0 Å². The Morgan fingerprint density at radius 3 is 2.65 bits per heavy atom. The predicted molar refractivity (Wildman–Crippen MR) is 75.4 cm³/mol. The van der Waals surface area contributed by atoms with E-state index in [9.17, 15) is 9.59 Å². The van der Waals surface area contributed by atoms with E-state index in [0.717, 1.165) is 19.5 Å². The minimum Gasteiger partial charge on any atom is -0.465 e. The van der Waals surface area contributed by atoms with Crippen molar-refractivity contribution >= 4 is 12.0 Å². The van der Waals surface area contributed by atoms with Crippen LogP contribution in [0.4, 0.5) is 4.79 Å². The molecule has 0 radical (unpaired) electrons. The molecule has 0 bridgehead atoms. The molecule has 2 amide bonds. The normalized spacial score (nSPS) is 31.4.